The topological polar surface area (TPSA) is 39.0 Å². The molecule has 1 heterocycles. The van der Waals surface area contributed by atoms with E-state index in [1.54, 1.807) is 0 Å². The van der Waals surface area contributed by atoms with E-state index in [0.29, 0.717) is 6.54 Å². The van der Waals surface area contributed by atoms with Gasteiger partial charge in [-0.25, -0.2) is 0 Å². The standard InChI is InChI=1S/C15H14N3.C2H6.Rb/c1-11-6-8-12(9-7-11)16-10-15-17-13-4-2-3-5-14(13)18-15;1-2;/h2-9,16H,10H2,1H3;1-2H3;/q-1;;+1. The summed E-state index contributed by atoms with van der Waals surface area (Å²) in [5, 5.41) is 3.32. The van der Waals surface area contributed by atoms with Crippen LogP contribution < -0.4 is 68.5 Å². The number of benzene rings is 2. The molecule has 2 aromatic carbocycles. The molecule has 0 aliphatic heterocycles. The summed E-state index contributed by atoms with van der Waals surface area (Å²) >= 11 is 0. The minimum atomic E-state index is 0. The normalized spacial score (nSPS) is 9.48. The van der Waals surface area contributed by atoms with E-state index in [0.717, 1.165) is 22.5 Å². The molecule has 0 spiro atoms. The van der Waals surface area contributed by atoms with Crippen molar-refractivity contribution >= 4 is 16.7 Å². The first kappa shape index (κ1) is 18.6. The summed E-state index contributed by atoms with van der Waals surface area (Å²) < 4.78 is 0. The van der Waals surface area contributed by atoms with Crippen molar-refractivity contribution in [3.63, 3.8) is 0 Å². The van der Waals surface area contributed by atoms with E-state index in [1.165, 1.54) is 5.56 Å². The molecule has 4 heteroatoms. The Hall–Kier alpha value is -0.485. The first-order valence-corrected chi connectivity index (χ1v) is 7.00. The van der Waals surface area contributed by atoms with Crippen LogP contribution in [0.15, 0.2) is 48.5 Å². The van der Waals surface area contributed by atoms with Crippen LogP contribution >= 0.6 is 0 Å². The Morgan fingerprint density at radius 3 is 2.33 bits per heavy atom. The van der Waals surface area contributed by atoms with Gasteiger partial charge in [0.25, 0.3) is 0 Å². The first-order chi connectivity index (χ1) is 9.81. The number of imidazole rings is 1. The molecular formula is C17H20N3Rb. The van der Waals surface area contributed by atoms with Crippen LogP contribution in [0.25, 0.3) is 11.0 Å². The SMILES string of the molecule is CC.Cc1ccc(NCc2nc3ccccc3[n-]2)cc1.[Rb+]. The summed E-state index contributed by atoms with van der Waals surface area (Å²) in [5.74, 6) is 0.830. The number of fused-ring (bicyclic) bond motifs is 1. The van der Waals surface area contributed by atoms with Crippen molar-refractivity contribution in [3.05, 3.63) is 59.9 Å². The van der Waals surface area contributed by atoms with Crippen molar-refractivity contribution < 1.29 is 58.2 Å². The number of anilines is 1. The zero-order valence-electron chi connectivity index (χ0n) is 13.2. The summed E-state index contributed by atoms with van der Waals surface area (Å²) in [6.45, 7) is 6.73. The fourth-order valence-electron chi connectivity index (χ4n) is 1.89. The van der Waals surface area contributed by atoms with Crippen LogP contribution in [-0.2, 0) is 6.54 Å². The van der Waals surface area contributed by atoms with Gasteiger partial charge >= 0.3 is 58.2 Å². The minimum Gasteiger partial charge on any atom is -0.438 e. The molecule has 0 bridgehead atoms. The maximum Gasteiger partial charge on any atom is 1.00 e. The predicted molar refractivity (Wildman–Crippen MR) is 84.9 cm³/mol. The molecule has 0 amide bonds. The molecule has 1 N–H and O–H groups in total. The molecule has 3 nitrogen and oxygen atoms in total. The Bertz CT molecular complexity index is 626. The minimum absolute atomic E-state index is 0. The van der Waals surface area contributed by atoms with Crippen molar-refractivity contribution in [1.29, 1.82) is 0 Å². The molecule has 1 aromatic heterocycles. The van der Waals surface area contributed by atoms with Gasteiger partial charge in [-0.2, -0.15) is 0 Å². The van der Waals surface area contributed by atoms with Crippen LogP contribution in [0.5, 0.6) is 0 Å². The molecule has 3 rings (SSSR count). The van der Waals surface area contributed by atoms with Crippen LogP contribution in [0.2, 0.25) is 0 Å². The second-order valence-electron chi connectivity index (χ2n) is 4.35. The van der Waals surface area contributed by atoms with Crippen molar-refractivity contribution in [1.82, 2.24) is 9.97 Å². The molecule has 0 saturated carbocycles. The maximum atomic E-state index is 4.47. The molecule has 0 aliphatic carbocycles. The second-order valence-corrected chi connectivity index (χ2v) is 4.35. The first-order valence-electron chi connectivity index (χ1n) is 7.00. The Labute approximate surface area is 175 Å². The molecule has 0 unspecified atom stereocenters. The van der Waals surface area contributed by atoms with E-state index in [4.69, 9.17) is 0 Å². The van der Waals surface area contributed by atoms with Crippen LogP contribution in [0, 0.1) is 6.92 Å². The van der Waals surface area contributed by atoms with Crippen molar-refractivity contribution in [2.24, 2.45) is 0 Å². The van der Waals surface area contributed by atoms with E-state index < -0.39 is 0 Å². The molecule has 0 radical (unpaired) electrons. The Morgan fingerprint density at radius 2 is 1.67 bits per heavy atom. The summed E-state index contributed by atoms with van der Waals surface area (Å²) in [6, 6.07) is 16.2. The third kappa shape index (κ3) is 5.33. The number of rotatable bonds is 3. The molecule has 0 aliphatic rings. The molecule has 0 atom stereocenters. The van der Waals surface area contributed by atoms with Gasteiger partial charge in [-0.05, 0) is 30.1 Å². The monoisotopic (exact) mass is 351 g/mol. The van der Waals surface area contributed by atoms with Gasteiger partial charge in [0.05, 0.1) is 0 Å². The molecule has 0 fully saturated rings. The van der Waals surface area contributed by atoms with Gasteiger partial charge in [-0.3, -0.25) is 0 Å². The van der Waals surface area contributed by atoms with Crippen LogP contribution in [0.1, 0.15) is 25.2 Å². The zero-order chi connectivity index (χ0) is 14.4. The van der Waals surface area contributed by atoms with Gasteiger partial charge in [0.1, 0.15) is 0 Å². The number of hydrogen-bond donors (Lipinski definition) is 1. The molecule has 0 saturated heterocycles. The van der Waals surface area contributed by atoms with Gasteiger partial charge in [-0.15, -0.1) is 0 Å². The number of nitrogens with zero attached hydrogens (tertiary/aromatic N) is 2. The molecule has 3 aromatic rings. The predicted octanol–water partition coefficient (Wildman–Crippen LogP) is 1.14. The van der Waals surface area contributed by atoms with Crippen LogP contribution in [0.4, 0.5) is 5.69 Å². The van der Waals surface area contributed by atoms with Crippen molar-refractivity contribution in [2.75, 3.05) is 5.32 Å². The summed E-state index contributed by atoms with van der Waals surface area (Å²) in [7, 11) is 0. The number of para-hydroxylation sites is 2. The third-order valence-electron chi connectivity index (χ3n) is 2.88. The van der Waals surface area contributed by atoms with Crippen LogP contribution in [-0.4, -0.2) is 4.98 Å². The molecule has 104 valence electrons. The number of nitrogens with one attached hydrogen (secondary N) is 1. The van der Waals surface area contributed by atoms with E-state index in [-0.39, 0.29) is 58.2 Å². The number of aryl methyl sites for hydroxylation is 1. The fraction of sp³-hybridized carbons (Fsp3) is 0.235. The zero-order valence-corrected chi connectivity index (χ0v) is 18.1. The van der Waals surface area contributed by atoms with E-state index in [1.807, 2.05) is 38.1 Å². The summed E-state index contributed by atoms with van der Waals surface area (Å²) in [4.78, 5) is 8.94. The average molecular weight is 352 g/mol. The fourth-order valence-corrected chi connectivity index (χ4v) is 1.89. The van der Waals surface area contributed by atoms with E-state index >= 15 is 0 Å². The average Bonchev–Trinajstić information content (AvgIpc) is 2.91. The number of hydrogen-bond acceptors (Lipinski definition) is 2. The summed E-state index contributed by atoms with van der Waals surface area (Å²) in [6.07, 6.45) is 0. The van der Waals surface area contributed by atoms with E-state index in [9.17, 15) is 0 Å². The maximum absolute atomic E-state index is 4.47. The Kier molecular flexibility index (Phi) is 8.41. The van der Waals surface area contributed by atoms with Gasteiger partial charge < -0.3 is 15.3 Å². The Balaban J connectivity index is 0.000000706. The van der Waals surface area contributed by atoms with Gasteiger partial charge in [-0.1, -0.05) is 61.6 Å². The van der Waals surface area contributed by atoms with Gasteiger partial charge in [0.2, 0.25) is 0 Å². The second kappa shape index (κ2) is 9.52. The van der Waals surface area contributed by atoms with Crippen molar-refractivity contribution in [2.45, 2.75) is 27.3 Å². The largest absolute Gasteiger partial charge is 1.00 e. The smallest absolute Gasteiger partial charge is 0.438 e. The molecular weight excluding hydrogens is 332 g/mol. The van der Waals surface area contributed by atoms with E-state index in [2.05, 4.69) is 46.5 Å². The van der Waals surface area contributed by atoms with Gasteiger partial charge in [0.15, 0.2) is 0 Å². The number of aromatic nitrogens is 2. The third-order valence-corrected chi connectivity index (χ3v) is 2.88. The van der Waals surface area contributed by atoms with Gasteiger partial charge in [0, 0.05) is 12.2 Å². The Morgan fingerprint density at radius 1 is 1.00 bits per heavy atom. The quantitative estimate of drug-likeness (QED) is 0.769. The molecule has 21 heavy (non-hydrogen) atoms. The summed E-state index contributed by atoms with van der Waals surface area (Å²) in [5.41, 5.74) is 4.27. The van der Waals surface area contributed by atoms with Crippen molar-refractivity contribution in [3.8, 4) is 0 Å². The van der Waals surface area contributed by atoms with Crippen LogP contribution in [0.3, 0.4) is 0 Å².